The number of fused-ring (bicyclic) bond motifs is 1. The maximum Gasteiger partial charge on any atom is 0.412 e. The van der Waals surface area contributed by atoms with Crippen LogP contribution < -0.4 is 10.5 Å². The van der Waals surface area contributed by atoms with Crippen molar-refractivity contribution in [2.45, 2.75) is 19.4 Å². The summed E-state index contributed by atoms with van der Waals surface area (Å²) in [5.74, 6) is -1.12. The lowest BCUT2D eigenvalue weighted by atomic mass is 9.95. The van der Waals surface area contributed by atoms with Gasteiger partial charge in [-0.25, -0.2) is 14.0 Å². The van der Waals surface area contributed by atoms with Gasteiger partial charge in [0.1, 0.15) is 28.5 Å². The Balaban J connectivity index is 2.33. The molecule has 0 aliphatic heterocycles. The summed E-state index contributed by atoms with van der Waals surface area (Å²) in [6.07, 6.45) is -1.27. The third kappa shape index (κ3) is 3.54. The summed E-state index contributed by atoms with van der Waals surface area (Å²) < 4.78 is 29.0. The summed E-state index contributed by atoms with van der Waals surface area (Å²) in [7, 11) is 1.42. The smallest absolute Gasteiger partial charge is 0.412 e. The number of hydrogen-bond acceptors (Lipinski definition) is 6. The molecule has 0 aliphatic carbocycles. The Hall–Kier alpha value is -3.39. The quantitative estimate of drug-likeness (QED) is 0.521. The monoisotopic (exact) mass is 387 g/mol. The van der Waals surface area contributed by atoms with Gasteiger partial charge in [0.15, 0.2) is 0 Å². The van der Waals surface area contributed by atoms with Gasteiger partial charge in [0.25, 0.3) is 0 Å². The molecule has 3 rings (SSSR count). The zero-order valence-corrected chi connectivity index (χ0v) is 15.4. The number of nitrogens with two attached hydrogens (primary N) is 1. The van der Waals surface area contributed by atoms with Gasteiger partial charge >= 0.3 is 12.1 Å². The average molecular weight is 387 g/mol. The molecule has 0 bridgehead atoms. The number of rotatable bonds is 4. The number of esters is 1. The van der Waals surface area contributed by atoms with Crippen LogP contribution in [0.5, 0.6) is 5.75 Å². The Morgan fingerprint density at radius 3 is 2.36 bits per heavy atom. The lowest BCUT2D eigenvalue weighted by molar-refractivity contribution is 0.0640. The second-order valence-corrected chi connectivity index (χ2v) is 6.63. The van der Waals surface area contributed by atoms with Crippen LogP contribution in [-0.4, -0.2) is 24.3 Å². The number of halogens is 1. The second kappa shape index (κ2) is 6.97. The molecule has 0 unspecified atom stereocenters. The van der Waals surface area contributed by atoms with E-state index in [0.29, 0.717) is 16.9 Å². The van der Waals surface area contributed by atoms with Crippen molar-refractivity contribution in [3.63, 3.8) is 0 Å². The standard InChI is InChI=1S/C20H18FNO6/c1-20(2,25)13-9-14-12(8-15(13)26-3)16(18(23)28-19(22)24)17(27-14)10-4-6-11(21)7-5-10/h4-9,25H,1-3H3,(H2,22,24). The average Bonchev–Trinajstić information content (AvgIpc) is 2.98. The largest absolute Gasteiger partial charge is 0.496 e. The highest BCUT2D eigenvalue weighted by atomic mass is 19.1. The molecule has 1 aromatic heterocycles. The summed E-state index contributed by atoms with van der Waals surface area (Å²) in [6, 6.07) is 8.27. The molecule has 0 radical (unpaired) electrons. The van der Waals surface area contributed by atoms with E-state index in [9.17, 15) is 19.1 Å². The van der Waals surface area contributed by atoms with Gasteiger partial charge in [-0.15, -0.1) is 0 Å². The van der Waals surface area contributed by atoms with Crippen molar-refractivity contribution in [3.8, 4) is 17.1 Å². The number of carbonyl (C=O) groups is 2. The molecule has 8 heteroatoms. The lowest BCUT2D eigenvalue weighted by Gasteiger charge is -2.20. The highest BCUT2D eigenvalue weighted by Gasteiger charge is 2.29. The molecule has 0 fully saturated rings. The van der Waals surface area contributed by atoms with E-state index < -0.39 is 23.5 Å². The van der Waals surface area contributed by atoms with Crippen LogP contribution in [0, 0.1) is 5.82 Å². The molecule has 2 aromatic carbocycles. The summed E-state index contributed by atoms with van der Waals surface area (Å²) in [5, 5.41) is 10.7. The first-order valence-electron chi connectivity index (χ1n) is 8.26. The number of methoxy groups -OCH3 is 1. The van der Waals surface area contributed by atoms with Crippen molar-refractivity contribution in [1.29, 1.82) is 0 Å². The fourth-order valence-electron chi connectivity index (χ4n) is 2.92. The van der Waals surface area contributed by atoms with Crippen LogP contribution in [0.25, 0.3) is 22.3 Å². The number of hydrogen-bond donors (Lipinski definition) is 2. The van der Waals surface area contributed by atoms with Crippen LogP contribution >= 0.6 is 0 Å². The molecule has 0 aliphatic rings. The third-order valence-electron chi connectivity index (χ3n) is 4.17. The van der Waals surface area contributed by atoms with Crippen molar-refractivity contribution in [1.82, 2.24) is 0 Å². The number of aliphatic hydroxyl groups is 1. The Bertz CT molecular complexity index is 1060. The number of ether oxygens (including phenoxy) is 2. The lowest BCUT2D eigenvalue weighted by Crippen LogP contribution is -2.19. The van der Waals surface area contributed by atoms with Crippen LogP contribution in [0.4, 0.5) is 9.18 Å². The van der Waals surface area contributed by atoms with Gasteiger partial charge in [-0.05, 0) is 50.2 Å². The fourth-order valence-corrected chi connectivity index (χ4v) is 2.92. The Labute approximate surface area is 159 Å². The van der Waals surface area contributed by atoms with E-state index in [2.05, 4.69) is 4.74 Å². The van der Waals surface area contributed by atoms with Crippen molar-refractivity contribution < 1.29 is 33.0 Å². The molecule has 146 valence electrons. The first-order chi connectivity index (χ1) is 13.1. The predicted molar refractivity (Wildman–Crippen MR) is 98.4 cm³/mol. The first kappa shape index (κ1) is 19.4. The molecule has 3 N–H and O–H groups in total. The van der Waals surface area contributed by atoms with E-state index in [1.807, 2.05) is 0 Å². The molecule has 0 atom stereocenters. The second-order valence-electron chi connectivity index (χ2n) is 6.63. The van der Waals surface area contributed by atoms with Gasteiger partial charge in [-0.1, -0.05) is 0 Å². The maximum atomic E-state index is 13.3. The number of benzene rings is 2. The minimum Gasteiger partial charge on any atom is -0.496 e. The number of amides is 1. The molecule has 1 heterocycles. The highest BCUT2D eigenvalue weighted by molar-refractivity contribution is 6.11. The molecule has 0 spiro atoms. The minimum absolute atomic E-state index is 0.0659. The number of furan rings is 1. The van der Waals surface area contributed by atoms with E-state index in [1.165, 1.54) is 43.5 Å². The van der Waals surface area contributed by atoms with Gasteiger partial charge in [0.2, 0.25) is 0 Å². The molecule has 28 heavy (non-hydrogen) atoms. The van der Waals surface area contributed by atoms with E-state index in [1.54, 1.807) is 13.8 Å². The van der Waals surface area contributed by atoms with Gasteiger partial charge in [0, 0.05) is 16.5 Å². The predicted octanol–water partition coefficient (Wildman–Crippen LogP) is 3.71. The summed E-state index contributed by atoms with van der Waals surface area (Å²) in [5.41, 5.74) is 4.71. The Kier molecular flexibility index (Phi) is 4.82. The summed E-state index contributed by atoms with van der Waals surface area (Å²) in [4.78, 5) is 23.6. The topological polar surface area (TPSA) is 112 Å². The van der Waals surface area contributed by atoms with Crippen molar-refractivity contribution in [2.75, 3.05) is 7.11 Å². The van der Waals surface area contributed by atoms with Crippen LogP contribution in [0.15, 0.2) is 40.8 Å². The van der Waals surface area contributed by atoms with E-state index >= 15 is 0 Å². The van der Waals surface area contributed by atoms with Gasteiger partial charge in [0.05, 0.1) is 12.7 Å². The van der Waals surface area contributed by atoms with Crippen LogP contribution in [-0.2, 0) is 10.3 Å². The molecular formula is C20H18FNO6. The van der Waals surface area contributed by atoms with Crippen molar-refractivity contribution >= 4 is 23.0 Å². The zero-order chi connectivity index (χ0) is 20.6. The maximum absolute atomic E-state index is 13.3. The normalized spacial score (nSPS) is 11.5. The molecule has 0 saturated heterocycles. The van der Waals surface area contributed by atoms with E-state index in [-0.39, 0.29) is 22.3 Å². The Morgan fingerprint density at radius 2 is 1.82 bits per heavy atom. The van der Waals surface area contributed by atoms with E-state index in [4.69, 9.17) is 14.9 Å². The molecular weight excluding hydrogens is 369 g/mol. The Morgan fingerprint density at radius 1 is 1.18 bits per heavy atom. The minimum atomic E-state index is -1.27. The van der Waals surface area contributed by atoms with Crippen molar-refractivity contribution in [3.05, 3.63) is 53.3 Å². The third-order valence-corrected chi connectivity index (χ3v) is 4.17. The van der Waals surface area contributed by atoms with Crippen LogP contribution in [0.1, 0.15) is 29.8 Å². The van der Waals surface area contributed by atoms with Gasteiger partial charge < -0.3 is 24.7 Å². The van der Waals surface area contributed by atoms with Gasteiger partial charge in [-0.3, -0.25) is 0 Å². The van der Waals surface area contributed by atoms with E-state index in [0.717, 1.165) is 0 Å². The number of carbonyl (C=O) groups excluding carboxylic acids is 2. The summed E-state index contributed by atoms with van der Waals surface area (Å²) in [6.45, 7) is 3.14. The van der Waals surface area contributed by atoms with Gasteiger partial charge in [-0.2, -0.15) is 0 Å². The van der Waals surface area contributed by atoms with Crippen LogP contribution in [0.3, 0.4) is 0 Å². The number of primary amides is 1. The molecule has 0 saturated carbocycles. The highest BCUT2D eigenvalue weighted by Crippen LogP contribution is 2.40. The van der Waals surface area contributed by atoms with Crippen molar-refractivity contribution in [2.24, 2.45) is 5.73 Å². The summed E-state index contributed by atoms with van der Waals surface area (Å²) >= 11 is 0. The zero-order valence-electron chi connectivity index (χ0n) is 15.4. The molecule has 7 nitrogen and oxygen atoms in total. The SMILES string of the molecule is COc1cc2c(C(=O)OC(N)=O)c(-c3ccc(F)cc3)oc2cc1C(C)(C)O. The molecule has 1 amide bonds. The van der Waals surface area contributed by atoms with Crippen LogP contribution in [0.2, 0.25) is 0 Å². The fraction of sp³-hybridized carbons (Fsp3) is 0.200. The first-order valence-corrected chi connectivity index (χ1v) is 8.26. The molecule has 3 aromatic rings.